The van der Waals surface area contributed by atoms with Crippen LogP contribution in [0.5, 0.6) is 0 Å². The van der Waals surface area contributed by atoms with Crippen molar-refractivity contribution in [1.29, 1.82) is 0 Å². The summed E-state index contributed by atoms with van der Waals surface area (Å²) in [6.07, 6.45) is 3.18. The van der Waals surface area contributed by atoms with Crippen molar-refractivity contribution in [3.05, 3.63) is 75.2 Å². The maximum absolute atomic E-state index is 13.0. The predicted octanol–water partition coefficient (Wildman–Crippen LogP) is 2.83. The molecule has 5 rings (SSSR count). The fourth-order valence-corrected chi connectivity index (χ4v) is 4.14. The van der Waals surface area contributed by atoms with E-state index in [4.69, 9.17) is 16.0 Å². The summed E-state index contributed by atoms with van der Waals surface area (Å²) in [6.45, 7) is 1.39. The summed E-state index contributed by atoms with van der Waals surface area (Å²) in [6, 6.07) is 10.6. The second-order valence-electron chi connectivity index (χ2n) is 7.52. The minimum Gasteiger partial charge on any atom is -0.467 e. The summed E-state index contributed by atoms with van der Waals surface area (Å²) in [5.41, 5.74) is 0.697. The normalized spacial score (nSPS) is 16.7. The molecule has 0 aliphatic carbocycles. The van der Waals surface area contributed by atoms with Crippen LogP contribution in [0.4, 0.5) is 0 Å². The number of amides is 1. The Kier molecular flexibility index (Phi) is 5.03. The first-order valence-corrected chi connectivity index (χ1v) is 10.4. The number of furan rings is 1. The van der Waals surface area contributed by atoms with Crippen LogP contribution in [0.15, 0.2) is 51.9 Å². The van der Waals surface area contributed by atoms with E-state index in [0.29, 0.717) is 47.5 Å². The van der Waals surface area contributed by atoms with Gasteiger partial charge in [-0.15, -0.1) is 5.10 Å². The highest BCUT2D eigenvalue weighted by Gasteiger charge is 2.28. The molecule has 10 heteroatoms. The monoisotopic (exact) mass is 438 g/mol. The smallest absolute Gasteiger partial charge is 0.281 e. The molecule has 1 fully saturated rings. The van der Waals surface area contributed by atoms with Gasteiger partial charge in [-0.25, -0.2) is 9.67 Å². The number of H-pyrrole nitrogens is 1. The van der Waals surface area contributed by atoms with Crippen LogP contribution in [0.3, 0.4) is 0 Å². The number of aromatic amines is 1. The first kappa shape index (κ1) is 19.5. The van der Waals surface area contributed by atoms with Crippen molar-refractivity contribution in [3.63, 3.8) is 0 Å². The average Bonchev–Trinajstić information content (AvgIpc) is 3.45. The van der Waals surface area contributed by atoms with E-state index in [0.717, 1.165) is 12.8 Å². The van der Waals surface area contributed by atoms with Gasteiger partial charge in [-0.3, -0.25) is 9.59 Å². The predicted molar refractivity (Wildman–Crippen MR) is 113 cm³/mol. The zero-order valence-electron chi connectivity index (χ0n) is 16.5. The van der Waals surface area contributed by atoms with Crippen LogP contribution in [-0.2, 0) is 6.54 Å². The Morgan fingerprint density at radius 3 is 2.94 bits per heavy atom. The van der Waals surface area contributed by atoms with Crippen molar-refractivity contribution >= 4 is 28.7 Å². The Morgan fingerprint density at radius 2 is 2.13 bits per heavy atom. The van der Waals surface area contributed by atoms with Crippen LogP contribution in [-0.4, -0.2) is 48.9 Å². The quantitative estimate of drug-likeness (QED) is 0.524. The van der Waals surface area contributed by atoms with Crippen LogP contribution >= 0.6 is 11.6 Å². The maximum Gasteiger partial charge on any atom is 0.281 e. The minimum absolute atomic E-state index is 0.107. The average molecular weight is 439 g/mol. The lowest BCUT2D eigenvalue weighted by atomic mass is 9.96. The van der Waals surface area contributed by atoms with E-state index < -0.39 is 0 Å². The molecule has 1 aliphatic heterocycles. The molecule has 3 aromatic heterocycles. The third kappa shape index (κ3) is 3.72. The Morgan fingerprint density at radius 1 is 1.26 bits per heavy atom. The summed E-state index contributed by atoms with van der Waals surface area (Å²) >= 11 is 6.21. The largest absolute Gasteiger partial charge is 0.467 e. The van der Waals surface area contributed by atoms with E-state index in [9.17, 15) is 9.59 Å². The minimum atomic E-state index is -0.347. The van der Waals surface area contributed by atoms with E-state index in [-0.39, 0.29) is 22.9 Å². The number of rotatable bonds is 4. The molecular formula is C21H19ClN6O3. The number of aromatic nitrogens is 5. The number of carbonyl (C=O) groups is 1. The van der Waals surface area contributed by atoms with E-state index in [2.05, 4.69) is 20.3 Å². The van der Waals surface area contributed by atoms with Gasteiger partial charge in [0.15, 0.2) is 11.2 Å². The number of nitrogens with zero attached hydrogens (tertiary/aromatic N) is 5. The van der Waals surface area contributed by atoms with Crippen LogP contribution in [0.25, 0.3) is 11.2 Å². The Labute approximate surface area is 181 Å². The highest BCUT2D eigenvalue weighted by atomic mass is 35.5. The number of hydrogen-bond donors (Lipinski definition) is 1. The Hall–Kier alpha value is -3.46. The van der Waals surface area contributed by atoms with Crippen molar-refractivity contribution in [2.75, 3.05) is 13.1 Å². The molecule has 4 aromatic rings. The molecule has 0 unspecified atom stereocenters. The molecule has 1 N–H and O–H groups in total. The number of carbonyl (C=O) groups excluding carboxylic acids is 1. The molecule has 4 heterocycles. The van der Waals surface area contributed by atoms with Crippen LogP contribution in [0.1, 0.15) is 40.7 Å². The number of hydrogen-bond acceptors (Lipinski definition) is 6. The van der Waals surface area contributed by atoms with Gasteiger partial charge in [-0.1, -0.05) is 28.9 Å². The van der Waals surface area contributed by atoms with Gasteiger partial charge < -0.3 is 14.3 Å². The number of fused-ring (bicyclic) bond motifs is 1. The third-order valence-electron chi connectivity index (χ3n) is 5.48. The van der Waals surface area contributed by atoms with Crippen molar-refractivity contribution in [1.82, 2.24) is 29.9 Å². The van der Waals surface area contributed by atoms with Crippen molar-refractivity contribution in [3.8, 4) is 0 Å². The molecule has 0 spiro atoms. The van der Waals surface area contributed by atoms with E-state index >= 15 is 0 Å². The molecule has 31 heavy (non-hydrogen) atoms. The van der Waals surface area contributed by atoms with Gasteiger partial charge in [0.05, 0.1) is 16.8 Å². The molecule has 0 bridgehead atoms. The Bertz CT molecular complexity index is 1300. The fraction of sp³-hybridized carbons (Fsp3) is 0.286. The molecule has 1 amide bonds. The SMILES string of the molecule is O=C(c1ccccc1Cl)N1CCC[C@@H](c2nc3c(nnn3Cc3ccco3)c(=O)[nH]2)C1. The standard InChI is InChI=1S/C21H19ClN6O3/c22-16-8-2-1-7-15(16)21(30)27-9-3-5-13(11-27)18-23-19-17(20(29)24-18)25-26-28(19)12-14-6-4-10-31-14/h1-2,4,6-8,10,13H,3,5,9,11-12H2,(H,23,24,29)/t13-/m1/s1. The molecule has 1 atom stereocenters. The second-order valence-corrected chi connectivity index (χ2v) is 7.93. The summed E-state index contributed by atoms with van der Waals surface area (Å²) < 4.78 is 6.91. The lowest BCUT2D eigenvalue weighted by Crippen LogP contribution is -2.40. The van der Waals surface area contributed by atoms with Gasteiger partial charge in [0.1, 0.15) is 18.1 Å². The van der Waals surface area contributed by atoms with Gasteiger partial charge in [0, 0.05) is 19.0 Å². The van der Waals surface area contributed by atoms with Gasteiger partial charge in [-0.05, 0) is 37.1 Å². The summed E-state index contributed by atoms with van der Waals surface area (Å²) in [4.78, 5) is 34.8. The maximum atomic E-state index is 13.0. The van der Waals surface area contributed by atoms with E-state index in [1.54, 1.807) is 46.2 Å². The molecule has 1 aromatic carbocycles. The zero-order valence-corrected chi connectivity index (χ0v) is 17.2. The first-order valence-electron chi connectivity index (χ1n) is 10.00. The summed E-state index contributed by atoms with van der Waals surface area (Å²) in [5, 5.41) is 8.44. The highest BCUT2D eigenvalue weighted by Crippen LogP contribution is 2.27. The zero-order chi connectivity index (χ0) is 21.4. The van der Waals surface area contributed by atoms with Crippen molar-refractivity contribution in [2.24, 2.45) is 0 Å². The molecule has 0 saturated carbocycles. The molecular weight excluding hydrogens is 420 g/mol. The first-order chi connectivity index (χ1) is 15.1. The van der Waals surface area contributed by atoms with E-state index in [1.165, 1.54) is 0 Å². The molecule has 1 aliphatic rings. The lowest BCUT2D eigenvalue weighted by Gasteiger charge is -2.32. The number of benzene rings is 1. The van der Waals surface area contributed by atoms with Gasteiger partial charge in [-0.2, -0.15) is 0 Å². The fourth-order valence-electron chi connectivity index (χ4n) is 3.92. The molecule has 9 nitrogen and oxygen atoms in total. The topological polar surface area (TPSA) is 110 Å². The molecule has 0 radical (unpaired) electrons. The summed E-state index contributed by atoms with van der Waals surface area (Å²) in [5.74, 6) is 0.981. The van der Waals surface area contributed by atoms with Crippen molar-refractivity contribution < 1.29 is 9.21 Å². The highest BCUT2D eigenvalue weighted by molar-refractivity contribution is 6.33. The van der Waals surface area contributed by atoms with Crippen LogP contribution in [0.2, 0.25) is 5.02 Å². The number of likely N-dealkylation sites (tertiary alicyclic amines) is 1. The van der Waals surface area contributed by atoms with Crippen LogP contribution in [0, 0.1) is 0 Å². The van der Waals surface area contributed by atoms with E-state index in [1.807, 2.05) is 6.07 Å². The number of piperidine rings is 1. The second kappa shape index (κ2) is 7.99. The van der Waals surface area contributed by atoms with Crippen molar-refractivity contribution in [2.45, 2.75) is 25.3 Å². The van der Waals surface area contributed by atoms with Gasteiger partial charge in [0.25, 0.3) is 11.5 Å². The molecule has 158 valence electrons. The summed E-state index contributed by atoms with van der Waals surface area (Å²) in [7, 11) is 0. The van der Waals surface area contributed by atoms with Gasteiger partial charge in [0.2, 0.25) is 0 Å². The molecule has 1 saturated heterocycles. The van der Waals surface area contributed by atoms with Gasteiger partial charge >= 0.3 is 0 Å². The number of halogens is 1. The van der Waals surface area contributed by atoms with Crippen LogP contribution < -0.4 is 5.56 Å². The number of nitrogens with one attached hydrogen (secondary N) is 1. The lowest BCUT2D eigenvalue weighted by molar-refractivity contribution is 0.0704. The Balaban J connectivity index is 1.44. The third-order valence-corrected chi connectivity index (χ3v) is 5.81.